The molecule has 0 aliphatic carbocycles. The largest absolute Gasteiger partial charge is 0.280 e. The predicted octanol–water partition coefficient (Wildman–Crippen LogP) is 4.33. The molecule has 0 unspecified atom stereocenters. The summed E-state index contributed by atoms with van der Waals surface area (Å²) in [6.45, 7) is 8.81. The van der Waals surface area contributed by atoms with Crippen molar-refractivity contribution >= 4 is 51.2 Å². The first kappa shape index (κ1) is 16.4. The van der Waals surface area contributed by atoms with Crippen LogP contribution in [0.3, 0.4) is 0 Å². The van der Waals surface area contributed by atoms with E-state index in [-0.39, 0.29) is 6.71 Å². The summed E-state index contributed by atoms with van der Waals surface area (Å²) in [4.78, 5) is 4.99. The Bertz CT molecular complexity index is 1500. The lowest BCUT2D eigenvalue weighted by Crippen LogP contribution is -2.48. The highest BCUT2D eigenvalue weighted by Crippen LogP contribution is 2.33. The van der Waals surface area contributed by atoms with Gasteiger partial charge in [0.15, 0.2) is 0 Å². The lowest BCUT2D eigenvalue weighted by atomic mass is 9.34. The van der Waals surface area contributed by atoms with Crippen molar-refractivity contribution in [1.82, 2.24) is 14.0 Å². The number of benzene rings is 3. The predicted molar refractivity (Wildman–Crippen MR) is 123 cm³/mol. The molecule has 0 radical (unpaired) electrons. The van der Waals surface area contributed by atoms with Gasteiger partial charge in [0.1, 0.15) is 0 Å². The van der Waals surface area contributed by atoms with E-state index in [1.807, 2.05) is 12.1 Å². The van der Waals surface area contributed by atoms with Gasteiger partial charge in [0.2, 0.25) is 12.5 Å². The van der Waals surface area contributed by atoms with Gasteiger partial charge in [-0.2, -0.15) is 0 Å². The lowest BCUT2D eigenvalue weighted by Gasteiger charge is -2.26. The Kier molecular flexibility index (Phi) is 3.25. The van der Waals surface area contributed by atoms with Crippen LogP contribution in [0.25, 0.3) is 33.5 Å². The standard InChI is InChI=1S/C25H20BN3/c1-4-21-17(3)26(18-11-6-5-10-16(18)2)19-12-9-15-23-24(19)29(21)25-27-20-13-7-8-14-22(20)28(23)25/h4-15H,1H2,2-3H3. The molecule has 0 amide bonds. The van der Waals surface area contributed by atoms with E-state index in [4.69, 9.17) is 4.98 Å². The maximum atomic E-state index is 4.99. The minimum Gasteiger partial charge on any atom is -0.280 e. The topological polar surface area (TPSA) is 22.2 Å². The normalized spacial score (nSPS) is 13.8. The van der Waals surface area contributed by atoms with Crippen LogP contribution in [0.4, 0.5) is 0 Å². The molecule has 1 aliphatic heterocycles. The van der Waals surface area contributed by atoms with Gasteiger partial charge in [-0.25, -0.2) is 4.98 Å². The summed E-state index contributed by atoms with van der Waals surface area (Å²) in [5.41, 5.74) is 11.0. The summed E-state index contributed by atoms with van der Waals surface area (Å²) in [5.74, 6) is 0.950. The van der Waals surface area contributed by atoms with E-state index in [1.165, 1.54) is 33.0 Å². The molecular formula is C25H20BN3. The van der Waals surface area contributed by atoms with Gasteiger partial charge in [-0.05, 0) is 43.6 Å². The van der Waals surface area contributed by atoms with Crippen molar-refractivity contribution in [2.45, 2.75) is 13.8 Å². The molecule has 3 heterocycles. The highest BCUT2D eigenvalue weighted by Gasteiger charge is 2.34. The van der Waals surface area contributed by atoms with Crippen LogP contribution >= 0.6 is 0 Å². The van der Waals surface area contributed by atoms with Crippen LogP contribution in [0.1, 0.15) is 12.5 Å². The van der Waals surface area contributed by atoms with Crippen molar-refractivity contribution < 1.29 is 0 Å². The smallest absolute Gasteiger partial charge is 0.242 e. The van der Waals surface area contributed by atoms with E-state index < -0.39 is 0 Å². The number of nitrogens with zero attached hydrogens (tertiary/aromatic N) is 3. The van der Waals surface area contributed by atoms with Crippen LogP contribution in [0, 0.1) is 6.92 Å². The van der Waals surface area contributed by atoms with Gasteiger partial charge in [-0.1, -0.05) is 71.6 Å². The molecule has 2 aromatic heterocycles. The maximum Gasteiger partial charge on any atom is 0.242 e. The van der Waals surface area contributed by atoms with Crippen LogP contribution in [0.2, 0.25) is 0 Å². The van der Waals surface area contributed by atoms with E-state index in [2.05, 4.69) is 90.1 Å². The summed E-state index contributed by atoms with van der Waals surface area (Å²) in [7, 11) is 0. The van der Waals surface area contributed by atoms with Gasteiger partial charge in [0, 0.05) is 5.70 Å². The van der Waals surface area contributed by atoms with Gasteiger partial charge >= 0.3 is 0 Å². The minimum absolute atomic E-state index is 0.214. The van der Waals surface area contributed by atoms with Crippen molar-refractivity contribution in [2.75, 3.05) is 0 Å². The van der Waals surface area contributed by atoms with Crippen LogP contribution < -0.4 is 10.9 Å². The number of fused-ring (bicyclic) bond motifs is 5. The summed E-state index contributed by atoms with van der Waals surface area (Å²) < 4.78 is 4.58. The number of allylic oxidation sites excluding steroid dienone is 3. The Morgan fingerprint density at radius 2 is 1.59 bits per heavy atom. The Morgan fingerprint density at radius 1 is 0.862 bits per heavy atom. The fourth-order valence-corrected chi connectivity index (χ4v) is 5.06. The number of imidazole rings is 2. The first-order chi connectivity index (χ1) is 14.2. The van der Waals surface area contributed by atoms with Crippen LogP contribution in [-0.2, 0) is 0 Å². The van der Waals surface area contributed by atoms with Gasteiger partial charge in [-0.3, -0.25) is 8.97 Å². The second-order valence-corrected chi connectivity index (χ2v) is 7.85. The molecule has 5 aromatic rings. The first-order valence-corrected chi connectivity index (χ1v) is 10.0. The molecule has 0 N–H and O–H groups in total. The second-order valence-electron chi connectivity index (χ2n) is 7.85. The summed E-state index contributed by atoms with van der Waals surface area (Å²) in [6, 6.07) is 23.7. The fraction of sp³-hybridized carbons (Fsp3) is 0.0800. The van der Waals surface area contributed by atoms with Gasteiger partial charge in [0.25, 0.3) is 0 Å². The molecule has 0 fully saturated rings. The Morgan fingerprint density at radius 3 is 2.41 bits per heavy atom. The zero-order chi connectivity index (χ0) is 19.7. The maximum absolute atomic E-state index is 4.99. The number of para-hydroxylation sites is 3. The molecule has 1 aliphatic rings. The Hall–Kier alpha value is -3.53. The monoisotopic (exact) mass is 373 g/mol. The Balaban J connectivity index is 1.83. The van der Waals surface area contributed by atoms with E-state index >= 15 is 0 Å². The number of aryl methyl sites for hydroxylation is 1. The van der Waals surface area contributed by atoms with E-state index in [1.54, 1.807) is 0 Å². The Labute approximate surface area is 169 Å². The van der Waals surface area contributed by atoms with Crippen LogP contribution in [0.5, 0.6) is 0 Å². The minimum atomic E-state index is 0.214. The molecule has 0 bridgehead atoms. The molecule has 0 atom stereocenters. The number of aromatic nitrogens is 3. The molecule has 138 valence electrons. The second kappa shape index (κ2) is 5.74. The fourth-order valence-electron chi connectivity index (χ4n) is 5.06. The highest BCUT2D eigenvalue weighted by molar-refractivity contribution is 6.93. The molecule has 0 saturated carbocycles. The van der Waals surface area contributed by atoms with Crippen molar-refractivity contribution in [1.29, 1.82) is 0 Å². The number of rotatable bonds is 2. The van der Waals surface area contributed by atoms with Gasteiger partial charge in [0.05, 0.1) is 22.1 Å². The van der Waals surface area contributed by atoms with Crippen molar-refractivity contribution in [2.24, 2.45) is 0 Å². The lowest BCUT2D eigenvalue weighted by molar-refractivity contribution is 1.14. The molecule has 0 spiro atoms. The average Bonchev–Trinajstić information content (AvgIpc) is 3.26. The third-order valence-electron chi connectivity index (χ3n) is 6.34. The van der Waals surface area contributed by atoms with Crippen molar-refractivity contribution in [3.63, 3.8) is 0 Å². The molecule has 6 rings (SSSR count). The molecule has 3 nitrogen and oxygen atoms in total. The molecular weight excluding hydrogens is 353 g/mol. The van der Waals surface area contributed by atoms with Gasteiger partial charge in [-0.15, -0.1) is 0 Å². The van der Waals surface area contributed by atoms with Gasteiger partial charge < -0.3 is 0 Å². The zero-order valence-electron chi connectivity index (χ0n) is 16.6. The molecule has 0 saturated heterocycles. The summed E-state index contributed by atoms with van der Waals surface area (Å²) in [6.07, 6.45) is 1.98. The quantitative estimate of drug-likeness (QED) is 0.422. The van der Waals surface area contributed by atoms with Crippen LogP contribution in [-0.4, -0.2) is 20.7 Å². The molecule has 29 heavy (non-hydrogen) atoms. The van der Waals surface area contributed by atoms with E-state index in [0.29, 0.717) is 0 Å². The third kappa shape index (κ3) is 2.01. The SMILES string of the molecule is C=CC1=C(C)B(c2ccccc2C)c2cccc3c2n1c1nc2ccccc2n31. The molecule has 4 heteroatoms. The first-order valence-electron chi connectivity index (χ1n) is 10.0. The van der Waals surface area contributed by atoms with E-state index in [9.17, 15) is 0 Å². The average molecular weight is 373 g/mol. The summed E-state index contributed by atoms with van der Waals surface area (Å²) in [5, 5.41) is 0. The zero-order valence-corrected chi connectivity index (χ0v) is 16.6. The number of hydrogen-bond donors (Lipinski definition) is 0. The van der Waals surface area contributed by atoms with Crippen molar-refractivity contribution in [3.05, 3.63) is 90.4 Å². The highest BCUT2D eigenvalue weighted by atomic mass is 15.2. The van der Waals surface area contributed by atoms with Crippen molar-refractivity contribution in [3.8, 4) is 0 Å². The van der Waals surface area contributed by atoms with E-state index in [0.717, 1.165) is 22.5 Å². The third-order valence-corrected chi connectivity index (χ3v) is 6.34. The summed E-state index contributed by atoms with van der Waals surface area (Å²) >= 11 is 0. The van der Waals surface area contributed by atoms with Crippen LogP contribution in [0.15, 0.2) is 84.9 Å². The number of hydrogen-bond acceptors (Lipinski definition) is 1. The molecule has 3 aromatic carbocycles.